The van der Waals surface area contributed by atoms with Crippen LogP contribution >= 0.6 is 0 Å². The first kappa shape index (κ1) is 9.44. The van der Waals surface area contributed by atoms with E-state index in [9.17, 15) is 8.78 Å². The molecule has 0 radical (unpaired) electrons. The van der Waals surface area contributed by atoms with Gasteiger partial charge in [0.1, 0.15) is 5.82 Å². The second-order valence-corrected chi connectivity index (χ2v) is 3.91. The number of hydrogen-bond acceptors (Lipinski definition) is 1. The molecule has 1 aromatic carbocycles. The van der Waals surface area contributed by atoms with Gasteiger partial charge in [0.05, 0.1) is 6.61 Å². The van der Waals surface area contributed by atoms with Gasteiger partial charge in [-0.05, 0) is 25.3 Å². The van der Waals surface area contributed by atoms with Crippen LogP contribution in [0.1, 0.15) is 18.1 Å². The van der Waals surface area contributed by atoms with Gasteiger partial charge in [0.25, 0.3) is 0 Å². The number of rotatable bonds is 0. The van der Waals surface area contributed by atoms with Gasteiger partial charge in [0, 0.05) is 11.1 Å². The summed E-state index contributed by atoms with van der Waals surface area (Å²) in [6, 6.07) is 1.38. The van der Waals surface area contributed by atoms with Crippen LogP contribution in [0.2, 0.25) is 0 Å². The molecular formula is C11H12F2O. The van der Waals surface area contributed by atoms with Gasteiger partial charge in [-0.2, -0.15) is 0 Å². The summed E-state index contributed by atoms with van der Waals surface area (Å²) < 4.78 is 32.0. The van der Waals surface area contributed by atoms with Crippen molar-refractivity contribution in [3.8, 4) is 5.75 Å². The summed E-state index contributed by atoms with van der Waals surface area (Å²) >= 11 is 0. The highest BCUT2D eigenvalue weighted by Crippen LogP contribution is 2.32. The Morgan fingerprint density at radius 2 is 2.14 bits per heavy atom. The first-order valence-corrected chi connectivity index (χ1v) is 4.70. The number of ether oxygens (including phenoxy) is 1. The molecule has 14 heavy (non-hydrogen) atoms. The molecule has 0 aliphatic carbocycles. The molecule has 3 heteroatoms. The van der Waals surface area contributed by atoms with E-state index in [-0.39, 0.29) is 11.3 Å². The molecule has 2 rings (SSSR count). The number of benzene rings is 1. The molecule has 0 saturated heterocycles. The lowest BCUT2D eigenvalue weighted by Crippen LogP contribution is -2.19. The van der Waals surface area contributed by atoms with Crippen LogP contribution in [0.15, 0.2) is 6.07 Å². The van der Waals surface area contributed by atoms with Gasteiger partial charge in [0.15, 0.2) is 11.6 Å². The molecule has 1 atom stereocenters. The minimum absolute atomic E-state index is 0.0401. The van der Waals surface area contributed by atoms with E-state index in [1.165, 1.54) is 13.0 Å². The van der Waals surface area contributed by atoms with Gasteiger partial charge in [-0.3, -0.25) is 0 Å². The molecule has 0 fully saturated rings. The summed E-state index contributed by atoms with van der Waals surface area (Å²) in [5.41, 5.74) is 0.683. The molecule has 1 nitrogen and oxygen atoms in total. The Balaban J connectivity index is 2.54. The molecule has 0 N–H and O–H groups in total. The molecular weight excluding hydrogens is 186 g/mol. The minimum atomic E-state index is -0.549. The third kappa shape index (κ3) is 1.37. The fourth-order valence-electron chi connectivity index (χ4n) is 1.71. The van der Waals surface area contributed by atoms with Crippen molar-refractivity contribution in [2.75, 3.05) is 6.61 Å². The Morgan fingerprint density at radius 3 is 2.86 bits per heavy atom. The number of hydrogen-bond donors (Lipinski definition) is 0. The maximum absolute atomic E-state index is 13.5. The SMILES string of the molecule is Cc1c(F)cc2c(c1F)OCC(C)C2. The first-order chi connectivity index (χ1) is 6.59. The number of halogens is 2. The van der Waals surface area contributed by atoms with E-state index in [0.717, 1.165) is 0 Å². The summed E-state index contributed by atoms with van der Waals surface area (Å²) in [7, 11) is 0. The minimum Gasteiger partial charge on any atom is -0.490 e. The lowest BCUT2D eigenvalue weighted by molar-refractivity contribution is 0.221. The summed E-state index contributed by atoms with van der Waals surface area (Å²) in [6.45, 7) is 3.93. The first-order valence-electron chi connectivity index (χ1n) is 4.70. The maximum Gasteiger partial charge on any atom is 0.171 e. The normalized spacial score (nSPS) is 20.1. The van der Waals surface area contributed by atoms with E-state index < -0.39 is 11.6 Å². The lowest BCUT2D eigenvalue weighted by Gasteiger charge is -2.23. The van der Waals surface area contributed by atoms with Crippen molar-refractivity contribution in [1.29, 1.82) is 0 Å². The van der Waals surface area contributed by atoms with E-state index >= 15 is 0 Å². The molecule has 0 bridgehead atoms. The van der Waals surface area contributed by atoms with Gasteiger partial charge in [0.2, 0.25) is 0 Å². The molecule has 1 aromatic rings. The monoisotopic (exact) mass is 198 g/mol. The maximum atomic E-state index is 13.5. The van der Waals surface area contributed by atoms with E-state index in [4.69, 9.17) is 4.74 Å². The van der Waals surface area contributed by atoms with Crippen molar-refractivity contribution in [2.24, 2.45) is 5.92 Å². The third-order valence-corrected chi connectivity index (χ3v) is 2.56. The molecule has 0 amide bonds. The molecule has 1 aliphatic heterocycles. The fraction of sp³-hybridized carbons (Fsp3) is 0.455. The second-order valence-electron chi connectivity index (χ2n) is 3.91. The van der Waals surface area contributed by atoms with Gasteiger partial charge in [-0.15, -0.1) is 0 Å². The molecule has 0 spiro atoms. The fourth-order valence-corrected chi connectivity index (χ4v) is 1.71. The largest absolute Gasteiger partial charge is 0.490 e. The lowest BCUT2D eigenvalue weighted by atomic mass is 9.97. The van der Waals surface area contributed by atoms with Crippen LogP contribution in [0.3, 0.4) is 0 Å². The predicted octanol–water partition coefficient (Wildman–Crippen LogP) is 2.84. The van der Waals surface area contributed by atoms with E-state index in [1.54, 1.807) is 0 Å². The van der Waals surface area contributed by atoms with Crippen molar-refractivity contribution in [1.82, 2.24) is 0 Å². The van der Waals surface area contributed by atoms with Gasteiger partial charge >= 0.3 is 0 Å². The highest BCUT2D eigenvalue weighted by Gasteiger charge is 2.22. The van der Waals surface area contributed by atoms with Crippen LogP contribution in [0.25, 0.3) is 0 Å². The third-order valence-electron chi connectivity index (χ3n) is 2.56. The Hall–Kier alpha value is -1.12. The smallest absolute Gasteiger partial charge is 0.171 e. The summed E-state index contributed by atoms with van der Waals surface area (Å²) in [6.07, 6.45) is 0.684. The van der Waals surface area contributed by atoms with E-state index in [1.807, 2.05) is 6.92 Å². The zero-order valence-corrected chi connectivity index (χ0v) is 8.23. The van der Waals surface area contributed by atoms with Crippen molar-refractivity contribution >= 4 is 0 Å². The topological polar surface area (TPSA) is 9.23 Å². The van der Waals surface area contributed by atoms with Crippen LogP contribution in [-0.2, 0) is 6.42 Å². The molecule has 1 heterocycles. The Morgan fingerprint density at radius 1 is 1.43 bits per heavy atom. The zero-order valence-electron chi connectivity index (χ0n) is 8.23. The second kappa shape index (κ2) is 3.23. The van der Waals surface area contributed by atoms with Crippen LogP contribution in [-0.4, -0.2) is 6.61 Å². The zero-order chi connectivity index (χ0) is 10.3. The van der Waals surface area contributed by atoms with Crippen LogP contribution in [0, 0.1) is 24.5 Å². The summed E-state index contributed by atoms with van der Waals surface area (Å²) in [5.74, 6) is -0.475. The predicted molar refractivity (Wildman–Crippen MR) is 49.5 cm³/mol. The van der Waals surface area contributed by atoms with Crippen LogP contribution < -0.4 is 4.74 Å². The molecule has 1 aliphatic rings. The quantitative estimate of drug-likeness (QED) is 0.622. The van der Waals surface area contributed by atoms with Crippen molar-refractivity contribution in [2.45, 2.75) is 20.3 Å². The molecule has 1 unspecified atom stereocenters. The standard InChI is InChI=1S/C11H12F2O/c1-6-3-8-4-9(12)7(2)10(13)11(8)14-5-6/h4,6H,3,5H2,1-2H3. The molecule has 0 aromatic heterocycles. The van der Waals surface area contributed by atoms with Gasteiger partial charge in [-0.25, -0.2) is 8.78 Å². The van der Waals surface area contributed by atoms with Crippen molar-refractivity contribution in [3.63, 3.8) is 0 Å². The average molecular weight is 198 g/mol. The highest BCUT2D eigenvalue weighted by atomic mass is 19.1. The average Bonchev–Trinajstić information content (AvgIpc) is 2.14. The number of fused-ring (bicyclic) bond motifs is 1. The molecule has 76 valence electrons. The van der Waals surface area contributed by atoms with Crippen LogP contribution in [0.4, 0.5) is 8.78 Å². The summed E-state index contributed by atoms with van der Waals surface area (Å²) in [5, 5.41) is 0. The van der Waals surface area contributed by atoms with Crippen LogP contribution in [0.5, 0.6) is 5.75 Å². The Bertz CT molecular complexity index is 374. The molecule has 0 saturated carbocycles. The van der Waals surface area contributed by atoms with Crippen molar-refractivity contribution in [3.05, 3.63) is 28.8 Å². The van der Waals surface area contributed by atoms with Gasteiger partial charge in [-0.1, -0.05) is 6.92 Å². The summed E-state index contributed by atoms with van der Waals surface area (Å²) in [4.78, 5) is 0. The van der Waals surface area contributed by atoms with E-state index in [0.29, 0.717) is 24.5 Å². The Labute approximate surface area is 81.7 Å². The van der Waals surface area contributed by atoms with Crippen molar-refractivity contribution < 1.29 is 13.5 Å². The highest BCUT2D eigenvalue weighted by molar-refractivity contribution is 5.41. The van der Waals surface area contributed by atoms with Gasteiger partial charge < -0.3 is 4.74 Å². The Kier molecular flexibility index (Phi) is 2.17. The van der Waals surface area contributed by atoms with E-state index in [2.05, 4.69) is 0 Å².